The SMILES string of the molecule is Cc1nnc2nc(-c3ccco3)[nH]n12. The van der Waals surface area contributed by atoms with Gasteiger partial charge in [0.25, 0.3) is 5.78 Å². The predicted octanol–water partition coefficient (Wildman–Crippen LogP) is 1.02. The summed E-state index contributed by atoms with van der Waals surface area (Å²) in [5.74, 6) is 2.66. The summed E-state index contributed by atoms with van der Waals surface area (Å²) in [6, 6.07) is 3.65. The topological polar surface area (TPSA) is 72.0 Å². The maximum Gasteiger partial charge on any atom is 0.272 e. The molecule has 6 nitrogen and oxygen atoms in total. The fourth-order valence-electron chi connectivity index (χ4n) is 1.31. The predicted molar refractivity (Wildman–Crippen MR) is 47.6 cm³/mol. The van der Waals surface area contributed by atoms with Gasteiger partial charge in [0, 0.05) is 0 Å². The molecule has 0 spiro atoms. The molecular formula is C8H7N5O. The van der Waals surface area contributed by atoms with Gasteiger partial charge in [0.05, 0.1) is 6.26 Å². The number of hydrogen-bond acceptors (Lipinski definition) is 4. The van der Waals surface area contributed by atoms with Gasteiger partial charge in [-0.3, -0.25) is 5.10 Å². The zero-order valence-corrected chi connectivity index (χ0v) is 7.43. The smallest absolute Gasteiger partial charge is 0.272 e. The van der Waals surface area contributed by atoms with Gasteiger partial charge in [0.2, 0.25) is 0 Å². The molecule has 3 heterocycles. The van der Waals surface area contributed by atoms with Crippen molar-refractivity contribution in [2.45, 2.75) is 6.92 Å². The van der Waals surface area contributed by atoms with E-state index in [4.69, 9.17) is 4.42 Å². The number of hydrogen-bond donors (Lipinski definition) is 1. The van der Waals surface area contributed by atoms with E-state index in [1.165, 1.54) is 0 Å². The van der Waals surface area contributed by atoms with Crippen LogP contribution < -0.4 is 0 Å². The Bertz CT molecular complexity index is 562. The molecule has 0 radical (unpaired) electrons. The molecule has 0 saturated carbocycles. The Morgan fingerprint density at radius 2 is 2.36 bits per heavy atom. The molecule has 3 aromatic rings. The Kier molecular flexibility index (Phi) is 1.27. The average Bonchev–Trinajstić information content (AvgIpc) is 2.83. The minimum absolute atomic E-state index is 0.550. The lowest BCUT2D eigenvalue weighted by Crippen LogP contribution is -1.87. The van der Waals surface area contributed by atoms with E-state index in [2.05, 4.69) is 20.3 Å². The van der Waals surface area contributed by atoms with Crippen LogP contribution in [0.5, 0.6) is 0 Å². The Morgan fingerprint density at radius 1 is 1.43 bits per heavy atom. The maximum absolute atomic E-state index is 5.20. The minimum Gasteiger partial charge on any atom is -0.461 e. The van der Waals surface area contributed by atoms with Crippen molar-refractivity contribution >= 4 is 5.78 Å². The van der Waals surface area contributed by atoms with Crippen molar-refractivity contribution in [3.63, 3.8) is 0 Å². The highest BCUT2D eigenvalue weighted by atomic mass is 16.3. The summed E-state index contributed by atoms with van der Waals surface area (Å²) in [7, 11) is 0. The molecule has 1 N–H and O–H groups in total. The van der Waals surface area contributed by atoms with Crippen LogP contribution in [0, 0.1) is 6.92 Å². The van der Waals surface area contributed by atoms with Crippen LogP contribution in [0.1, 0.15) is 5.82 Å². The van der Waals surface area contributed by atoms with Crippen LogP contribution in [-0.4, -0.2) is 24.8 Å². The number of aryl methyl sites for hydroxylation is 1. The van der Waals surface area contributed by atoms with Gasteiger partial charge in [-0.15, -0.1) is 10.2 Å². The van der Waals surface area contributed by atoms with E-state index in [-0.39, 0.29) is 0 Å². The van der Waals surface area contributed by atoms with Crippen molar-refractivity contribution in [2.75, 3.05) is 0 Å². The second kappa shape index (κ2) is 2.44. The largest absolute Gasteiger partial charge is 0.461 e. The highest BCUT2D eigenvalue weighted by Crippen LogP contribution is 2.15. The summed E-state index contributed by atoms with van der Waals surface area (Å²) < 4.78 is 6.91. The summed E-state index contributed by atoms with van der Waals surface area (Å²) in [5.41, 5.74) is 0. The number of rotatable bonds is 1. The molecular weight excluding hydrogens is 182 g/mol. The molecule has 0 atom stereocenters. The van der Waals surface area contributed by atoms with Crippen LogP contribution >= 0.6 is 0 Å². The summed E-state index contributed by atoms with van der Waals surface area (Å²) in [4.78, 5) is 4.22. The summed E-state index contributed by atoms with van der Waals surface area (Å²) in [6.07, 6.45) is 1.60. The number of aromatic nitrogens is 5. The van der Waals surface area contributed by atoms with E-state index in [1.807, 2.05) is 19.1 Å². The lowest BCUT2D eigenvalue weighted by Gasteiger charge is -1.87. The normalized spacial score (nSPS) is 11.2. The van der Waals surface area contributed by atoms with Crippen molar-refractivity contribution in [1.29, 1.82) is 0 Å². The van der Waals surface area contributed by atoms with Gasteiger partial charge in [0.15, 0.2) is 17.4 Å². The van der Waals surface area contributed by atoms with Crippen molar-refractivity contribution in [1.82, 2.24) is 24.8 Å². The molecule has 0 aromatic carbocycles. The average molecular weight is 189 g/mol. The van der Waals surface area contributed by atoms with Crippen LogP contribution in [0.4, 0.5) is 0 Å². The molecule has 3 aromatic heterocycles. The molecule has 70 valence electrons. The number of nitrogens with one attached hydrogen (secondary N) is 1. The van der Waals surface area contributed by atoms with Crippen molar-refractivity contribution in [2.24, 2.45) is 0 Å². The van der Waals surface area contributed by atoms with E-state index in [9.17, 15) is 0 Å². The summed E-state index contributed by atoms with van der Waals surface area (Å²) in [5, 5.41) is 10.8. The van der Waals surface area contributed by atoms with Gasteiger partial charge in [-0.2, -0.15) is 4.98 Å². The molecule has 0 saturated heterocycles. The van der Waals surface area contributed by atoms with E-state index >= 15 is 0 Å². The van der Waals surface area contributed by atoms with Gasteiger partial charge in [-0.05, 0) is 19.1 Å². The number of fused-ring (bicyclic) bond motifs is 1. The Labute approximate surface area is 78.6 Å². The van der Waals surface area contributed by atoms with Gasteiger partial charge in [-0.1, -0.05) is 0 Å². The fourth-order valence-corrected chi connectivity index (χ4v) is 1.31. The molecule has 3 rings (SSSR count). The molecule has 0 aliphatic heterocycles. The van der Waals surface area contributed by atoms with Crippen LogP contribution in [0.15, 0.2) is 22.8 Å². The van der Waals surface area contributed by atoms with Gasteiger partial charge >= 0.3 is 0 Å². The maximum atomic E-state index is 5.20. The van der Waals surface area contributed by atoms with E-state index in [0.717, 1.165) is 5.82 Å². The molecule has 0 amide bonds. The fraction of sp³-hybridized carbons (Fsp3) is 0.125. The first-order valence-electron chi connectivity index (χ1n) is 4.16. The van der Waals surface area contributed by atoms with E-state index in [1.54, 1.807) is 10.8 Å². The molecule has 6 heteroatoms. The second-order valence-corrected chi connectivity index (χ2v) is 2.93. The minimum atomic E-state index is 0.550. The number of H-pyrrole nitrogens is 1. The first-order chi connectivity index (χ1) is 6.84. The van der Waals surface area contributed by atoms with E-state index < -0.39 is 0 Å². The van der Waals surface area contributed by atoms with Crippen LogP contribution in [0.25, 0.3) is 17.4 Å². The van der Waals surface area contributed by atoms with Gasteiger partial charge in [-0.25, -0.2) is 4.52 Å². The Morgan fingerprint density at radius 3 is 3.07 bits per heavy atom. The zero-order chi connectivity index (χ0) is 9.54. The lowest BCUT2D eigenvalue weighted by atomic mass is 10.4. The standard InChI is InChI=1S/C8H7N5O/c1-5-10-11-8-9-7(12-13(5)8)6-3-2-4-14-6/h2-4H,1H3,(H,9,11,12). The van der Waals surface area contributed by atoms with Crippen molar-refractivity contribution in [3.8, 4) is 11.6 Å². The third-order valence-electron chi connectivity index (χ3n) is 1.99. The third kappa shape index (κ3) is 0.875. The highest BCUT2D eigenvalue weighted by molar-refractivity contribution is 5.49. The first kappa shape index (κ1) is 7.31. The molecule has 0 aliphatic carbocycles. The Balaban J connectivity index is 2.24. The first-order valence-corrected chi connectivity index (χ1v) is 4.16. The Hall–Kier alpha value is -2.11. The zero-order valence-electron chi connectivity index (χ0n) is 7.43. The summed E-state index contributed by atoms with van der Waals surface area (Å²) >= 11 is 0. The monoisotopic (exact) mass is 189 g/mol. The van der Waals surface area contributed by atoms with E-state index in [0.29, 0.717) is 17.4 Å². The molecule has 14 heavy (non-hydrogen) atoms. The van der Waals surface area contributed by atoms with Crippen LogP contribution in [0.3, 0.4) is 0 Å². The number of furan rings is 1. The summed E-state index contributed by atoms with van der Waals surface area (Å²) in [6.45, 7) is 1.85. The number of aromatic amines is 1. The molecule has 0 fully saturated rings. The van der Waals surface area contributed by atoms with Gasteiger partial charge in [0.1, 0.15) is 0 Å². The molecule has 0 unspecified atom stereocenters. The number of nitrogens with zero attached hydrogens (tertiary/aromatic N) is 4. The second-order valence-electron chi connectivity index (χ2n) is 2.93. The lowest BCUT2D eigenvalue weighted by molar-refractivity contribution is 0.577. The molecule has 0 bridgehead atoms. The third-order valence-corrected chi connectivity index (χ3v) is 1.99. The van der Waals surface area contributed by atoms with Crippen LogP contribution in [0.2, 0.25) is 0 Å². The van der Waals surface area contributed by atoms with Crippen molar-refractivity contribution < 1.29 is 4.42 Å². The van der Waals surface area contributed by atoms with Crippen LogP contribution in [-0.2, 0) is 0 Å². The van der Waals surface area contributed by atoms with Crippen molar-refractivity contribution in [3.05, 3.63) is 24.2 Å². The quantitative estimate of drug-likeness (QED) is 0.620. The molecule has 0 aliphatic rings. The van der Waals surface area contributed by atoms with Gasteiger partial charge < -0.3 is 4.42 Å². The highest BCUT2D eigenvalue weighted by Gasteiger charge is 2.10.